The van der Waals surface area contributed by atoms with Crippen molar-refractivity contribution in [3.05, 3.63) is 48.2 Å². The van der Waals surface area contributed by atoms with Crippen molar-refractivity contribution in [2.24, 2.45) is 0 Å². The van der Waals surface area contributed by atoms with Gasteiger partial charge in [0.25, 0.3) is 0 Å². The first kappa shape index (κ1) is 12.5. The summed E-state index contributed by atoms with van der Waals surface area (Å²) in [5.41, 5.74) is 1.05. The van der Waals surface area contributed by atoms with Gasteiger partial charge in [0.15, 0.2) is 11.5 Å². The minimum atomic E-state index is 0.0118. The van der Waals surface area contributed by atoms with Gasteiger partial charge in [0.05, 0.1) is 0 Å². The number of unbranched alkanes of at least 4 members (excludes halogenated alkanes) is 1. The van der Waals surface area contributed by atoms with Gasteiger partial charge in [0.2, 0.25) is 0 Å². The molecule has 2 nitrogen and oxygen atoms in total. The smallest absolute Gasteiger partial charge is 0.196 e. The first-order valence-electron chi connectivity index (χ1n) is 5.63. The van der Waals surface area contributed by atoms with Gasteiger partial charge in [0, 0.05) is 6.42 Å². The van der Waals surface area contributed by atoms with E-state index in [0.29, 0.717) is 13.0 Å². The number of rotatable bonds is 7. The Bertz CT molecular complexity index is 341. The fraction of sp³-hybridized carbons (Fsp3) is 0.357. The summed E-state index contributed by atoms with van der Waals surface area (Å²) in [6, 6.07) is 9.76. The highest BCUT2D eigenvalue weighted by atomic mass is 16.5. The van der Waals surface area contributed by atoms with Gasteiger partial charge in [-0.1, -0.05) is 50.3 Å². The Morgan fingerprint density at radius 1 is 1.31 bits per heavy atom. The quantitative estimate of drug-likeness (QED) is 0.517. The van der Waals surface area contributed by atoms with Crippen LogP contribution >= 0.6 is 0 Å². The first-order valence-corrected chi connectivity index (χ1v) is 5.63. The van der Waals surface area contributed by atoms with Crippen LogP contribution in [-0.2, 0) is 16.1 Å². The summed E-state index contributed by atoms with van der Waals surface area (Å²) in [4.78, 5) is 11.5. The zero-order chi connectivity index (χ0) is 11.8. The minimum Gasteiger partial charge on any atom is -0.486 e. The molecular formula is C14H18O2. The molecule has 0 unspecified atom stereocenters. The molecule has 16 heavy (non-hydrogen) atoms. The number of ketones is 1. The molecule has 0 amide bonds. The van der Waals surface area contributed by atoms with Gasteiger partial charge in [-0.05, 0) is 12.0 Å². The number of carbonyl (C=O) groups is 1. The van der Waals surface area contributed by atoms with Gasteiger partial charge in [-0.3, -0.25) is 4.79 Å². The fourth-order valence-corrected chi connectivity index (χ4v) is 1.30. The maximum Gasteiger partial charge on any atom is 0.196 e. The second kappa shape index (κ2) is 6.83. The Labute approximate surface area is 96.9 Å². The molecule has 2 heteroatoms. The molecule has 0 fully saturated rings. The molecule has 0 bridgehead atoms. The highest BCUT2D eigenvalue weighted by Crippen LogP contribution is 2.08. The molecule has 0 saturated heterocycles. The predicted molar refractivity (Wildman–Crippen MR) is 64.9 cm³/mol. The number of carbonyl (C=O) groups excluding carboxylic acids is 1. The maximum absolute atomic E-state index is 11.5. The van der Waals surface area contributed by atoms with Crippen molar-refractivity contribution in [2.45, 2.75) is 32.8 Å². The fourth-order valence-electron chi connectivity index (χ4n) is 1.30. The molecule has 0 aliphatic carbocycles. The second-order valence-corrected chi connectivity index (χ2v) is 3.72. The van der Waals surface area contributed by atoms with Crippen LogP contribution in [0.4, 0.5) is 0 Å². The second-order valence-electron chi connectivity index (χ2n) is 3.72. The molecule has 0 aliphatic heterocycles. The maximum atomic E-state index is 11.5. The molecular weight excluding hydrogens is 200 g/mol. The van der Waals surface area contributed by atoms with E-state index in [4.69, 9.17) is 4.74 Å². The van der Waals surface area contributed by atoms with Gasteiger partial charge in [0.1, 0.15) is 6.61 Å². The Morgan fingerprint density at radius 3 is 2.62 bits per heavy atom. The largest absolute Gasteiger partial charge is 0.486 e. The Morgan fingerprint density at radius 2 is 2.00 bits per heavy atom. The highest BCUT2D eigenvalue weighted by Gasteiger charge is 2.07. The van der Waals surface area contributed by atoms with Crippen molar-refractivity contribution >= 4 is 5.78 Å². The molecule has 1 aromatic rings. The SMILES string of the molecule is C=C(OCc1ccccc1)C(=O)CCCC. The van der Waals surface area contributed by atoms with Crippen molar-refractivity contribution < 1.29 is 9.53 Å². The van der Waals surface area contributed by atoms with Crippen LogP contribution in [0.2, 0.25) is 0 Å². The molecule has 1 aromatic carbocycles. The van der Waals surface area contributed by atoms with Gasteiger partial charge in [-0.15, -0.1) is 0 Å². The molecule has 0 atom stereocenters. The number of hydrogen-bond donors (Lipinski definition) is 0. The average Bonchev–Trinajstić information content (AvgIpc) is 2.34. The number of allylic oxidation sites excluding steroid dienone is 1. The molecule has 0 aliphatic rings. The third kappa shape index (κ3) is 4.30. The lowest BCUT2D eigenvalue weighted by atomic mass is 10.1. The molecule has 0 spiro atoms. The Balaban J connectivity index is 2.32. The first-order chi connectivity index (χ1) is 7.74. The summed E-state index contributed by atoms with van der Waals surface area (Å²) in [7, 11) is 0. The topological polar surface area (TPSA) is 26.3 Å². The van der Waals surface area contributed by atoms with Gasteiger partial charge >= 0.3 is 0 Å². The van der Waals surface area contributed by atoms with E-state index in [0.717, 1.165) is 18.4 Å². The zero-order valence-electron chi connectivity index (χ0n) is 9.74. The number of benzene rings is 1. The van der Waals surface area contributed by atoms with Crippen LogP contribution < -0.4 is 0 Å². The van der Waals surface area contributed by atoms with Crippen molar-refractivity contribution in [1.29, 1.82) is 0 Å². The van der Waals surface area contributed by atoms with Crippen LogP contribution in [0, 0.1) is 0 Å². The van der Waals surface area contributed by atoms with Crippen LogP contribution in [0.1, 0.15) is 31.7 Å². The van der Waals surface area contributed by atoms with E-state index in [1.165, 1.54) is 0 Å². The summed E-state index contributed by atoms with van der Waals surface area (Å²) in [6.45, 7) is 6.12. The van der Waals surface area contributed by atoms with E-state index in [9.17, 15) is 4.79 Å². The van der Waals surface area contributed by atoms with Crippen molar-refractivity contribution in [1.82, 2.24) is 0 Å². The van der Waals surface area contributed by atoms with Gasteiger partial charge < -0.3 is 4.74 Å². The van der Waals surface area contributed by atoms with Crippen molar-refractivity contribution in [2.75, 3.05) is 0 Å². The third-order valence-corrected chi connectivity index (χ3v) is 2.32. The van der Waals surface area contributed by atoms with Gasteiger partial charge in [-0.25, -0.2) is 0 Å². The van der Waals surface area contributed by atoms with E-state index < -0.39 is 0 Å². The molecule has 86 valence electrons. The minimum absolute atomic E-state index is 0.0118. The lowest BCUT2D eigenvalue weighted by molar-refractivity contribution is -0.119. The Kier molecular flexibility index (Phi) is 5.34. The average molecular weight is 218 g/mol. The molecule has 0 N–H and O–H groups in total. The van der Waals surface area contributed by atoms with E-state index >= 15 is 0 Å². The summed E-state index contributed by atoms with van der Waals surface area (Å²) in [6.07, 6.45) is 2.44. The van der Waals surface area contributed by atoms with Crippen LogP contribution in [0.5, 0.6) is 0 Å². The molecule has 0 radical (unpaired) electrons. The monoisotopic (exact) mass is 218 g/mol. The van der Waals surface area contributed by atoms with Crippen LogP contribution in [0.15, 0.2) is 42.7 Å². The zero-order valence-corrected chi connectivity index (χ0v) is 9.74. The van der Waals surface area contributed by atoms with Crippen molar-refractivity contribution in [3.8, 4) is 0 Å². The summed E-state index contributed by atoms with van der Waals surface area (Å²) in [5.74, 6) is 0.287. The third-order valence-electron chi connectivity index (χ3n) is 2.32. The molecule has 1 rings (SSSR count). The van der Waals surface area contributed by atoms with E-state index in [1.807, 2.05) is 30.3 Å². The van der Waals surface area contributed by atoms with Crippen LogP contribution in [0.25, 0.3) is 0 Å². The van der Waals surface area contributed by atoms with Crippen LogP contribution in [-0.4, -0.2) is 5.78 Å². The summed E-state index contributed by atoms with van der Waals surface area (Å²) >= 11 is 0. The molecule has 0 heterocycles. The van der Waals surface area contributed by atoms with Gasteiger partial charge in [-0.2, -0.15) is 0 Å². The standard InChI is InChI=1S/C14H18O2/c1-3-4-10-14(15)12(2)16-11-13-8-6-5-7-9-13/h5-9H,2-4,10-11H2,1H3. The summed E-state index contributed by atoms with van der Waals surface area (Å²) < 4.78 is 5.34. The number of hydrogen-bond acceptors (Lipinski definition) is 2. The number of Topliss-reactive ketones (excluding diaryl/α,β-unsaturated/α-hetero) is 1. The normalized spacial score (nSPS) is 9.81. The highest BCUT2D eigenvalue weighted by molar-refractivity contribution is 5.92. The van der Waals surface area contributed by atoms with Crippen LogP contribution in [0.3, 0.4) is 0 Å². The number of ether oxygens (including phenoxy) is 1. The summed E-state index contributed by atoms with van der Waals surface area (Å²) in [5, 5.41) is 0. The Hall–Kier alpha value is -1.57. The molecule has 0 saturated carbocycles. The lowest BCUT2D eigenvalue weighted by Crippen LogP contribution is -2.05. The molecule has 0 aromatic heterocycles. The van der Waals surface area contributed by atoms with E-state index in [-0.39, 0.29) is 11.5 Å². The van der Waals surface area contributed by atoms with E-state index in [2.05, 4.69) is 13.5 Å². The lowest BCUT2D eigenvalue weighted by Gasteiger charge is -2.07. The predicted octanol–water partition coefficient (Wildman–Crippen LogP) is 3.48. The van der Waals surface area contributed by atoms with Crippen molar-refractivity contribution in [3.63, 3.8) is 0 Å². The van der Waals surface area contributed by atoms with E-state index in [1.54, 1.807) is 0 Å².